The smallest absolute Gasteiger partial charge is 0.209 e. The van der Waals surface area contributed by atoms with Crippen LogP contribution in [0.5, 0.6) is 0 Å². The van der Waals surface area contributed by atoms with Gasteiger partial charge in [-0.1, -0.05) is 0 Å². The lowest BCUT2D eigenvalue weighted by Gasteiger charge is -2.32. The standard InChI is InChI=1S/C9H23N2OP/c1-8(2,3)10-13(7,12)11-9(4,5)6/h1-7H3,(H2,10,11,12). The summed E-state index contributed by atoms with van der Waals surface area (Å²) in [7, 11) is -2.44. The fraction of sp³-hybridized carbons (Fsp3) is 1.00. The van der Waals surface area contributed by atoms with Crippen LogP contribution in [0.25, 0.3) is 0 Å². The Morgan fingerprint density at radius 3 is 1.23 bits per heavy atom. The molecule has 0 heterocycles. The summed E-state index contributed by atoms with van der Waals surface area (Å²) in [4.78, 5) is 0. The predicted octanol–water partition coefficient (Wildman–Crippen LogP) is 2.59. The van der Waals surface area contributed by atoms with Crippen LogP contribution in [0.3, 0.4) is 0 Å². The summed E-state index contributed by atoms with van der Waals surface area (Å²) < 4.78 is 12.0. The van der Waals surface area contributed by atoms with Crippen molar-refractivity contribution in [2.75, 3.05) is 6.66 Å². The van der Waals surface area contributed by atoms with Crippen molar-refractivity contribution in [2.24, 2.45) is 0 Å². The molecule has 0 aliphatic heterocycles. The minimum absolute atomic E-state index is 0.122. The highest BCUT2D eigenvalue weighted by Crippen LogP contribution is 2.36. The normalized spacial score (nSPS) is 14.7. The van der Waals surface area contributed by atoms with Crippen LogP contribution in [0.1, 0.15) is 41.5 Å². The fourth-order valence-corrected chi connectivity index (χ4v) is 3.92. The van der Waals surface area contributed by atoms with Crippen molar-refractivity contribution < 1.29 is 4.57 Å². The lowest BCUT2D eigenvalue weighted by molar-refractivity contribution is 0.451. The number of nitrogens with one attached hydrogen (secondary N) is 2. The average molecular weight is 206 g/mol. The molecular formula is C9H23N2OP. The summed E-state index contributed by atoms with van der Waals surface area (Å²) in [5.41, 5.74) is -0.245. The highest BCUT2D eigenvalue weighted by Gasteiger charge is 2.26. The van der Waals surface area contributed by atoms with Crippen LogP contribution >= 0.6 is 7.44 Å². The van der Waals surface area contributed by atoms with Gasteiger partial charge in [-0.25, -0.2) is 0 Å². The lowest BCUT2D eigenvalue weighted by Crippen LogP contribution is -2.42. The Hall–Kier alpha value is 0.150. The molecule has 13 heavy (non-hydrogen) atoms. The van der Waals surface area contributed by atoms with Crippen molar-refractivity contribution in [3.8, 4) is 0 Å². The maximum Gasteiger partial charge on any atom is 0.209 e. The summed E-state index contributed by atoms with van der Waals surface area (Å²) in [5, 5.41) is 6.19. The van der Waals surface area contributed by atoms with Crippen molar-refractivity contribution in [1.29, 1.82) is 0 Å². The van der Waals surface area contributed by atoms with Gasteiger partial charge in [-0.05, 0) is 41.5 Å². The zero-order valence-corrected chi connectivity index (χ0v) is 10.7. The van der Waals surface area contributed by atoms with Gasteiger partial charge in [0.15, 0.2) is 0 Å². The molecule has 0 aromatic carbocycles. The second-order valence-corrected chi connectivity index (χ2v) is 7.94. The van der Waals surface area contributed by atoms with Crippen LogP contribution in [-0.2, 0) is 4.57 Å². The Kier molecular flexibility index (Phi) is 3.76. The van der Waals surface area contributed by atoms with E-state index in [0.29, 0.717) is 0 Å². The summed E-state index contributed by atoms with van der Waals surface area (Å²) >= 11 is 0. The van der Waals surface area contributed by atoms with E-state index >= 15 is 0 Å². The first-order valence-electron chi connectivity index (χ1n) is 4.58. The molecule has 0 saturated carbocycles. The molecule has 3 nitrogen and oxygen atoms in total. The minimum Gasteiger partial charge on any atom is -0.290 e. The molecular weight excluding hydrogens is 183 g/mol. The Bertz CT molecular complexity index is 193. The molecule has 0 spiro atoms. The van der Waals surface area contributed by atoms with Gasteiger partial charge >= 0.3 is 0 Å². The van der Waals surface area contributed by atoms with E-state index in [2.05, 4.69) is 10.2 Å². The van der Waals surface area contributed by atoms with Crippen molar-refractivity contribution in [2.45, 2.75) is 52.6 Å². The third-order valence-corrected chi connectivity index (χ3v) is 3.29. The molecule has 0 aromatic rings. The second kappa shape index (κ2) is 3.72. The maximum atomic E-state index is 12.0. The fourth-order valence-electron chi connectivity index (χ4n) is 1.31. The molecule has 0 bridgehead atoms. The Morgan fingerprint density at radius 2 is 1.08 bits per heavy atom. The van der Waals surface area contributed by atoms with Crippen LogP contribution in [-0.4, -0.2) is 17.7 Å². The van der Waals surface area contributed by atoms with E-state index in [1.54, 1.807) is 6.66 Å². The second-order valence-electron chi connectivity index (χ2n) is 5.65. The van der Waals surface area contributed by atoms with Gasteiger partial charge in [0.2, 0.25) is 7.44 Å². The predicted molar refractivity (Wildman–Crippen MR) is 59.3 cm³/mol. The number of hydrogen-bond donors (Lipinski definition) is 2. The molecule has 0 saturated heterocycles. The van der Waals surface area contributed by atoms with Gasteiger partial charge in [-0.15, -0.1) is 0 Å². The van der Waals surface area contributed by atoms with Crippen LogP contribution in [0, 0.1) is 0 Å². The van der Waals surface area contributed by atoms with Gasteiger partial charge in [0.1, 0.15) is 0 Å². The highest BCUT2D eigenvalue weighted by molar-refractivity contribution is 7.59. The van der Waals surface area contributed by atoms with E-state index in [9.17, 15) is 4.57 Å². The monoisotopic (exact) mass is 206 g/mol. The molecule has 0 amide bonds. The summed E-state index contributed by atoms with van der Waals surface area (Å²) in [6, 6.07) is 0. The Labute approximate surface area is 82.2 Å². The molecule has 0 aliphatic rings. The van der Waals surface area contributed by atoms with Crippen molar-refractivity contribution in [1.82, 2.24) is 10.2 Å². The summed E-state index contributed by atoms with van der Waals surface area (Å²) in [6.07, 6.45) is 0. The van der Waals surface area contributed by atoms with Gasteiger partial charge in [-0.3, -0.25) is 14.7 Å². The molecule has 0 atom stereocenters. The molecule has 0 aliphatic carbocycles. The van der Waals surface area contributed by atoms with Crippen LogP contribution in [0.4, 0.5) is 0 Å². The third kappa shape index (κ3) is 8.48. The van der Waals surface area contributed by atoms with Crippen LogP contribution in [0.15, 0.2) is 0 Å². The van der Waals surface area contributed by atoms with Gasteiger partial charge in [-0.2, -0.15) is 0 Å². The van der Waals surface area contributed by atoms with Gasteiger partial charge < -0.3 is 0 Å². The molecule has 0 unspecified atom stereocenters. The average Bonchev–Trinajstić information content (AvgIpc) is 1.43. The van der Waals surface area contributed by atoms with E-state index in [4.69, 9.17) is 0 Å². The lowest BCUT2D eigenvalue weighted by atomic mass is 10.1. The van der Waals surface area contributed by atoms with E-state index in [0.717, 1.165) is 0 Å². The van der Waals surface area contributed by atoms with Crippen molar-refractivity contribution in [3.63, 3.8) is 0 Å². The zero-order valence-electron chi connectivity index (χ0n) is 9.86. The largest absolute Gasteiger partial charge is 0.290 e. The number of hydrogen-bond acceptors (Lipinski definition) is 1. The quantitative estimate of drug-likeness (QED) is 0.682. The first-order valence-corrected chi connectivity index (χ1v) is 6.73. The molecule has 0 rings (SSSR count). The molecule has 2 N–H and O–H groups in total. The van der Waals surface area contributed by atoms with E-state index in [-0.39, 0.29) is 11.1 Å². The Balaban J connectivity index is 4.35. The molecule has 4 heteroatoms. The molecule has 0 aromatic heterocycles. The Morgan fingerprint density at radius 1 is 0.846 bits per heavy atom. The van der Waals surface area contributed by atoms with Gasteiger partial charge in [0.05, 0.1) is 0 Å². The van der Waals surface area contributed by atoms with Gasteiger partial charge in [0, 0.05) is 17.7 Å². The van der Waals surface area contributed by atoms with Crippen LogP contribution in [0.2, 0.25) is 0 Å². The zero-order chi connectivity index (χ0) is 10.9. The third-order valence-electron chi connectivity index (χ3n) is 1.10. The van der Waals surface area contributed by atoms with E-state index in [1.807, 2.05) is 41.5 Å². The minimum atomic E-state index is -2.44. The summed E-state index contributed by atoms with van der Waals surface area (Å²) in [6.45, 7) is 13.8. The first kappa shape index (κ1) is 13.2. The van der Waals surface area contributed by atoms with Gasteiger partial charge in [0.25, 0.3) is 0 Å². The molecule has 0 radical (unpaired) electrons. The van der Waals surface area contributed by atoms with Crippen LogP contribution < -0.4 is 10.2 Å². The molecule has 80 valence electrons. The highest BCUT2D eigenvalue weighted by atomic mass is 31.2. The van der Waals surface area contributed by atoms with E-state index < -0.39 is 7.44 Å². The number of rotatable bonds is 2. The van der Waals surface area contributed by atoms with E-state index in [1.165, 1.54) is 0 Å². The topological polar surface area (TPSA) is 41.1 Å². The van der Waals surface area contributed by atoms with Crippen molar-refractivity contribution in [3.05, 3.63) is 0 Å². The SMILES string of the molecule is CC(C)(C)NP(C)(=O)NC(C)(C)C. The maximum absolute atomic E-state index is 12.0. The van der Waals surface area contributed by atoms with Crippen molar-refractivity contribution >= 4 is 7.44 Å². The first-order chi connectivity index (χ1) is 5.41. The summed E-state index contributed by atoms with van der Waals surface area (Å²) in [5.74, 6) is 0. The molecule has 0 fully saturated rings.